The van der Waals surface area contributed by atoms with E-state index in [1.165, 1.54) is 6.07 Å². The Hall–Kier alpha value is -2.42. The number of fused-ring (bicyclic) bond motifs is 1. The summed E-state index contributed by atoms with van der Waals surface area (Å²) >= 11 is 1.66. The Balaban J connectivity index is 1.56. The first-order valence-electron chi connectivity index (χ1n) is 7.80. The van der Waals surface area contributed by atoms with E-state index in [0.29, 0.717) is 41.4 Å². The number of benzene rings is 1. The highest BCUT2D eigenvalue weighted by Crippen LogP contribution is 2.32. The second-order valence-electron chi connectivity index (χ2n) is 5.80. The molecule has 1 aromatic rings. The molecule has 25 heavy (non-hydrogen) atoms. The van der Waals surface area contributed by atoms with Crippen molar-refractivity contribution in [3.05, 3.63) is 23.8 Å². The Bertz CT molecular complexity index is 702. The van der Waals surface area contributed by atoms with Crippen LogP contribution in [0.2, 0.25) is 0 Å². The minimum Gasteiger partial charge on any atom is -0.480 e. The molecule has 1 saturated heterocycles. The van der Waals surface area contributed by atoms with Crippen molar-refractivity contribution in [2.75, 3.05) is 24.8 Å². The molecule has 3 N–H and O–H groups in total. The summed E-state index contributed by atoms with van der Waals surface area (Å²) in [5.41, 5.74) is -0.912. The number of thioether (sulfide) groups is 1. The smallest absolute Gasteiger partial charge is 0.329 e. The van der Waals surface area contributed by atoms with Crippen molar-refractivity contribution in [3.8, 4) is 11.5 Å². The van der Waals surface area contributed by atoms with Crippen LogP contribution in [0.3, 0.4) is 0 Å². The van der Waals surface area contributed by atoms with Crippen molar-refractivity contribution >= 4 is 29.5 Å². The first kappa shape index (κ1) is 17.4. The van der Waals surface area contributed by atoms with Crippen LogP contribution in [0, 0.1) is 0 Å². The molecule has 0 aliphatic carbocycles. The van der Waals surface area contributed by atoms with Gasteiger partial charge in [-0.25, -0.2) is 4.79 Å². The summed E-state index contributed by atoms with van der Waals surface area (Å²) in [6.45, 7) is -0.187. The van der Waals surface area contributed by atoms with Gasteiger partial charge < -0.3 is 25.2 Å². The summed E-state index contributed by atoms with van der Waals surface area (Å²) in [5, 5.41) is 14.5. The molecular formula is C16H18N2O6S. The zero-order chi connectivity index (χ0) is 17.9. The summed E-state index contributed by atoms with van der Waals surface area (Å²) in [4.78, 5) is 35.8. The lowest BCUT2D eigenvalue weighted by Crippen LogP contribution is -2.58. The molecule has 0 saturated carbocycles. The van der Waals surface area contributed by atoms with E-state index in [0.717, 1.165) is 0 Å². The molecule has 0 aromatic heterocycles. The summed E-state index contributed by atoms with van der Waals surface area (Å²) in [6, 6.07) is 4.72. The molecule has 2 amide bonds. The van der Waals surface area contributed by atoms with Gasteiger partial charge in [0, 0.05) is 5.56 Å². The van der Waals surface area contributed by atoms with Crippen molar-refractivity contribution < 1.29 is 29.0 Å². The lowest BCUT2D eigenvalue weighted by atomic mass is 9.92. The van der Waals surface area contributed by atoms with Crippen LogP contribution in [0.5, 0.6) is 11.5 Å². The summed E-state index contributed by atoms with van der Waals surface area (Å²) in [7, 11) is 0. The van der Waals surface area contributed by atoms with E-state index in [1.54, 1.807) is 23.9 Å². The summed E-state index contributed by atoms with van der Waals surface area (Å²) in [5.74, 6) is 0.380. The molecule has 2 aliphatic rings. The van der Waals surface area contributed by atoms with E-state index in [1.807, 2.05) is 0 Å². The van der Waals surface area contributed by atoms with Gasteiger partial charge >= 0.3 is 5.97 Å². The minimum atomic E-state index is -1.24. The first-order chi connectivity index (χ1) is 12.0. The highest BCUT2D eigenvalue weighted by molar-refractivity contribution is 7.99. The van der Waals surface area contributed by atoms with Crippen LogP contribution >= 0.6 is 11.8 Å². The normalized spacial score (nSPS) is 17.6. The molecule has 134 valence electrons. The number of hydrogen-bond donors (Lipinski definition) is 3. The van der Waals surface area contributed by atoms with Crippen LogP contribution in [-0.2, 0) is 9.59 Å². The molecule has 2 aliphatic heterocycles. The fourth-order valence-corrected chi connectivity index (χ4v) is 3.91. The van der Waals surface area contributed by atoms with Gasteiger partial charge in [0.05, 0.1) is 6.54 Å². The maximum absolute atomic E-state index is 12.1. The number of ether oxygens (including phenoxy) is 2. The molecule has 0 unspecified atom stereocenters. The zero-order valence-corrected chi connectivity index (χ0v) is 14.2. The number of rotatable bonds is 5. The number of carbonyl (C=O) groups is 3. The summed E-state index contributed by atoms with van der Waals surface area (Å²) < 4.78 is 10.4. The average Bonchev–Trinajstić information content (AvgIpc) is 3.08. The Kier molecular flexibility index (Phi) is 5.03. The maximum atomic E-state index is 12.1. The second kappa shape index (κ2) is 7.22. The van der Waals surface area contributed by atoms with Crippen molar-refractivity contribution in [3.63, 3.8) is 0 Å². The Labute approximate surface area is 148 Å². The van der Waals surface area contributed by atoms with Crippen LogP contribution in [0.1, 0.15) is 23.2 Å². The first-order valence-corrected chi connectivity index (χ1v) is 8.96. The molecule has 8 nitrogen and oxygen atoms in total. The minimum absolute atomic E-state index is 0.109. The van der Waals surface area contributed by atoms with E-state index in [9.17, 15) is 19.5 Å². The van der Waals surface area contributed by atoms with Gasteiger partial charge in [-0.15, -0.1) is 0 Å². The fourth-order valence-electron chi connectivity index (χ4n) is 2.72. The van der Waals surface area contributed by atoms with Gasteiger partial charge in [-0.1, -0.05) is 0 Å². The quantitative estimate of drug-likeness (QED) is 0.700. The van der Waals surface area contributed by atoms with Gasteiger partial charge in [0.15, 0.2) is 11.5 Å². The highest BCUT2D eigenvalue weighted by atomic mass is 32.2. The number of amides is 2. The fraction of sp³-hybridized carbons (Fsp3) is 0.438. The van der Waals surface area contributed by atoms with E-state index in [4.69, 9.17) is 9.47 Å². The number of carboxylic acid groups (broad SMARTS) is 1. The number of nitrogens with one attached hydrogen (secondary N) is 2. The monoisotopic (exact) mass is 366 g/mol. The molecule has 0 atom stereocenters. The third-order valence-electron chi connectivity index (χ3n) is 4.18. The predicted molar refractivity (Wildman–Crippen MR) is 90.0 cm³/mol. The predicted octanol–water partition coefficient (Wildman–Crippen LogP) is 0.612. The molecule has 0 radical (unpaired) electrons. The molecule has 0 spiro atoms. The summed E-state index contributed by atoms with van der Waals surface area (Å²) in [6.07, 6.45) is 0.740. The lowest BCUT2D eigenvalue weighted by molar-refractivity contribution is -0.147. The van der Waals surface area contributed by atoms with Crippen molar-refractivity contribution in [1.29, 1.82) is 0 Å². The van der Waals surface area contributed by atoms with Crippen LogP contribution in [-0.4, -0.2) is 53.3 Å². The largest absolute Gasteiger partial charge is 0.480 e. The van der Waals surface area contributed by atoms with E-state index < -0.39 is 23.3 Å². The van der Waals surface area contributed by atoms with Crippen LogP contribution in [0.25, 0.3) is 0 Å². The molecule has 2 heterocycles. The van der Waals surface area contributed by atoms with Crippen molar-refractivity contribution in [2.45, 2.75) is 18.4 Å². The van der Waals surface area contributed by atoms with Gasteiger partial charge in [0.25, 0.3) is 5.91 Å². The average molecular weight is 366 g/mol. The van der Waals surface area contributed by atoms with Crippen LogP contribution < -0.4 is 20.1 Å². The molecular weight excluding hydrogens is 348 g/mol. The Morgan fingerprint density at radius 2 is 1.88 bits per heavy atom. The van der Waals surface area contributed by atoms with Gasteiger partial charge in [-0.3, -0.25) is 9.59 Å². The van der Waals surface area contributed by atoms with E-state index >= 15 is 0 Å². The number of aliphatic carboxylic acids is 1. The van der Waals surface area contributed by atoms with Crippen LogP contribution in [0.15, 0.2) is 18.2 Å². The number of hydrogen-bond acceptors (Lipinski definition) is 6. The third-order valence-corrected chi connectivity index (χ3v) is 5.16. The van der Waals surface area contributed by atoms with E-state index in [2.05, 4.69) is 10.6 Å². The van der Waals surface area contributed by atoms with Gasteiger partial charge in [-0.05, 0) is 42.5 Å². The third kappa shape index (κ3) is 3.81. The zero-order valence-electron chi connectivity index (χ0n) is 13.4. The Morgan fingerprint density at radius 1 is 1.16 bits per heavy atom. The number of carbonyl (C=O) groups excluding carboxylic acids is 2. The number of carboxylic acids is 1. The SMILES string of the molecule is O=C(CNC(=O)c1ccc2c(c1)OCO2)NC1(C(=O)O)CCSCC1. The standard InChI is InChI=1S/C16H18N2O6S/c19-13(18-16(15(21)22)3-5-25-6-4-16)8-17-14(20)10-1-2-11-12(7-10)24-9-23-11/h1-2,7H,3-6,8-9H2,(H,17,20)(H,18,19)(H,21,22). The maximum Gasteiger partial charge on any atom is 0.329 e. The van der Waals surface area contributed by atoms with Crippen molar-refractivity contribution in [2.24, 2.45) is 0 Å². The topological polar surface area (TPSA) is 114 Å². The second-order valence-corrected chi connectivity index (χ2v) is 7.02. The van der Waals surface area contributed by atoms with Gasteiger partial charge in [0.2, 0.25) is 12.7 Å². The van der Waals surface area contributed by atoms with Gasteiger partial charge in [0.1, 0.15) is 5.54 Å². The molecule has 0 bridgehead atoms. The lowest BCUT2D eigenvalue weighted by Gasteiger charge is -2.33. The molecule has 1 aromatic carbocycles. The molecule has 1 fully saturated rings. The molecule has 3 rings (SSSR count). The highest BCUT2D eigenvalue weighted by Gasteiger charge is 2.41. The Morgan fingerprint density at radius 3 is 2.60 bits per heavy atom. The van der Waals surface area contributed by atoms with Gasteiger partial charge in [-0.2, -0.15) is 11.8 Å². The van der Waals surface area contributed by atoms with E-state index in [-0.39, 0.29) is 13.3 Å². The van der Waals surface area contributed by atoms with Crippen LogP contribution in [0.4, 0.5) is 0 Å². The van der Waals surface area contributed by atoms with Crippen molar-refractivity contribution in [1.82, 2.24) is 10.6 Å². The molecule has 9 heteroatoms.